The van der Waals surface area contributed by atoms with Gasteiger partial charge in [0.25, 0.3) is 5.78 Å². The minimum atomic E-state index is -4.56. The number of alkyl halides is 3. The Kier molecular flexibility index (Phi) is 3.58. The smallest absolute Gasteiger partial charge is 0.271 e. The second-order valence-electron chi connectivity index (χ2n) is 5.53. The highest BCUT2D eigenvalue weighted by molar-refractivity contribution is 5.67. The van der Waals surface area contributed by atoms with Crippen molar-refractivity contribution in [3.05, 3.63) is 42.4 Å². The van der Waals surface area contributed by atoms with E-state index in [-0.39, 0.29) is 12.0 Å². The summed E-state index contributed by atoms with van der Waals surface area (Å²) in [7, 11) is 0. The number of nitrogens with one attached hydrogen (secondary N) is 1. The Bertz CT molecular complexity index is 925. The van der Waals surface area contributed by atoms with Gasteiger partial charge in [0.05, 0.1) is 30.4 Å². The Morgan fingerprint density at radius 3 is 2.84 bits per heavy atom. The van der Waals surface area contributed by atoms with Crippen molar-refractivity contribution < 1.29 is 18.0 Å². The summed E-state index contributed by atoms with van der Waals surface area (Å²) in [6, 6.07) is 7.37. The van der Waals surface area contributed by atoms with Crippen LogP contribution < -0.4 is 10.4 Å². The molecule has 1 aliphatic rings. The van der Waals surface area contributed by atoms with Crippen molar-refractivity contribution in [3.63, 3.8) is 0 Å². The standard InChI is InChI=1S/C15H13F3N6O/c1-9-20-8-23(25-9)11-4-2-3-10(5-11)12-6-19-14-22-13(15(16,17)18)7-21-24(12)14/h2-7,9,20H,8H2,1H3. The number of nitrogens with zero attached hydrogens (tertiary/aromatic N) is 5. The van der Waals surface area contributed by atoms with Crippen molar-refractivity contribution in [1.29, 1.82) is 0 Å². The molecule has 7 nitrogen and oxygen atoms in total. The first-order valence-corrected chi connectivity index (χ1v) is 7.48. The Labute approximate surface area is 140 Å². The molecule has 4 rings (SSSR count). The van der Waals surface area contributed by atoms with Crippen molar-refractivity contribution in [1.82, 2.24) is 24.9 Å². The van der Waals surface area contributed by atoms with Gasteiger partial charge in [0.15, 0.2) is 5.69 Å². The Hall–Kier alpha value is -2.72. The van der Waals surface area contributed by atoms with Crippen molar-refractivity contribution in [3.8, 4) is 11.3 Å². The zero-order chi connectivity index (χ0) is 17.6. The van der Waals surface area contributed by atoms with Gasteiger partial charge in [0.2, 0.25) is 0 Å². The monoisotopic (exact) mass is 350 g/mol. The Morgan fingerprint density at radius 1 is 1.28 bits per heavy atom. The van der Waals surface area contributed by atoms with Crippen LogP contribution in [0.2, 0.25) is 0 Å². The van der Waals surface area contributed by atoms with Crippen LogP contribution >= 0.6 is 0 Å². The van der Waals surface area contributed by atoms with Crippen molar-refractivity contribution in [2.45, 2.75) is 19.3 Å². The quantitative estimate of drug-likeness (QED) is 0.766. The molecule has 3 heterocycles. The molecule has 1 aliphatic heterocycles. The Morgan fingerprint density at radius 2 is 2.12 bits per heavy atom. The number of fused-ring (bicyclic) bond motifs is 1. The van der Waals surface area contributed by atoms with Crippen molar-refractivity contribution in [2.75, 3.05) is 11.7 Å². The van der Waals surface area contributed by atoms with Crippen LogP contribution in [0.15, 0.2) is 36.7 Å². The fraction of sp³-hybridized carbons (Fsp3) is 0.267. The number of benzene rings is 1. The van der Waals surface area contributed by atoms with Gasteiger partial charge in [-0.25, -0.2) is 15.0 Å². The first-order chi connectivity index (χ1) is 11.9. The van der Waals surface area contributed by atoms with E-state index >= 15 is 0 Å². The van der Waals surface area contributed by atoms with E-state index in [0.717, 1.165) is 11.3 Å². The third kappa shape index (κ3) is 2.89. The molecule has 1 atom stereocenters. The number of rotatable bonds is 2. The third-order valence-electron chi connectivity index (χ3n) is 3.76. The maximum Gasteiger partial charge on any atom is 0.435 e. The van der Waals surface area contributed by atoms with Crippen LogP contribution in [0.1, 0.15) is 12.6 Å². The molecule has 0 saturated carbocycles. The van der Waals surface area contributed by atoms with E-state index in [4.69, 9.17) is 4.84 Å². The molecule has 1 unspecified atom stereocenters. The molecule has 25 heavy (non-hydrogen) atoms. The topological polar surface area (TPSA) is 67.6 Å². The fourth-order valence-corrected chi connectivity index (χ4v) is 2.56. The van der Waals surface area contributed by atoms with E-state index in [9.17, 15) is 13.2 Å². The SMILES string of the molecule is CC1NCN(c2cccc(-c3cnc4nc(C(F)(F)F)cnn34)c2)O1. The minimum absolute atomic E-state index is 0.0916. The van der Waals surface area contributed by atoms with E-state index in [2.05, 4.69) is 20.4 Å². The normalized spacial score (nSPS) is 18.2. The van der Waals surface area contributed by atoms with Crippen LogP contribution in [-0.4, -0.2) is 32.5 Å². The number of hydrogen-bond donors (Lipinski definition) is 1. The molecular formula is C15H13F3N6O. The molecule has 1 N–H and O–H groups in total. The third-order valence-corrected chi connectivity index (χ3v) is 3.76. The van der Waals surface area contributed by atoms with Gasteiger partial charge in [-0.3, -0.25) is 10.2 Å². The molecule has 0 bridgehead atoms. The van der Waals surface area contributed by atoms with Crippen LogP contribution in [0, 0.1) is 0 Å². The molecule has 1 aromatic carbocycles. The fourth-order valence-electron chi connectivity index (χ4n) is 2.56. The molecule has 0 amide bonds. The summed E-state index contributed by atoms with van der Waals surface area (Å²) < 4.78 is 39.5. The van der Waals surface area contributed by atoms with Crippen LogP contribution in [0.3, 0.4) is 0 Å². The lowest BCUT2D eigenvalue weighted by atomic mass is 10.1. The number of imidazole rings is 1. The van der Waals surface area contributed by atoms with Gasteiger partial charge in [0, 0.05) is 5.56 Å². The molecule has 130 valence electrons. The van der Waals surface area contributed by atoms with Crippen LogP contribution in [-0.2, 0) is 11.0 Å². The largest absolute Gasteiger partial charge is 0.435 e. The van der Waals surface area contributed by atoms with Crippen molar-refractivity contribution in [2.24, 2.45) is 0 Å². The summed E-state index contributed by atoms with van der Waals surface area (Å²) in [5.74, 6) is -0.108. The average Bonchev–Trinajstić information content (AvgIpc) is 3.20. The molecule has 1 fully saturated rings. The van der Waals surface area contributed by atoms with Gasteiger partial charge >= 0.3 is 6.18 Å². The highest BCUT2D eigenvalue weighted by atomic mass is 19.4. The average molecular weight is 350 g/mol. The lowest BCUT2D eigenvalue weighted by Crippen LogP contribution is -2.20. The minimum Gasteiger partial charge on any atom is -0.271 e. The second-order valence-corrected chi connectivity index (χ2v) is 5.53. The van der Waals surface area contributed by atoms with E-state index in [0.29, 0.717) is 18.6 Å². The summed E-state index contributed by atoms with van der Waals surface area (Å²) >= 11 is 0. The van der Waals surface area contributed by atoms with E-state index in [1.54, 1.807) is 5.06 Å². The molecule has 0 spiro atoms. The highest BCUT2D eigenvalue weighted by Gasteiger charge is 2.33. The number of hydroxylamine groups is 1. The van der Waals surface area contributed by atoms with Gasteiger partial charge in [-0.05, 0) is 19.1 Å². The van der Waals surface area contributed by atoms with Gasteiger partial charge in [-0.2, -0.15) is 22.8 Å². The maximum absolute atomic E-state index is 12.7. The van der Waals surface area contributed by atoms with E-state index < -0.39 is 11.9 Å². The molecule has 1 saturated heterocycles. The van der Waals surface area contributed by atoms with Gasteiger partial charge in [0.1, 0.15) is 6.23 Å². The molecule has 3 aromatic rings. The lowest BCUT2D eigenvalue weighted by molar-refractivity contribution is -0.141. The predicted octanol–water partition coefficient (Wildman–Crippen LogP) is 2.45. The zero-order valence-corrected chi connectivity index (χ0v) is 13.0. The highest BCUT2D eigenvalue weighted by Crippen LogP contribution is 2.29. The number of hydrogen-bond acceptors (Lipinski definition) is 6. The van der Waals surface area contributed by atoms with Gasteiger partial charge < -0.3 is 0 Å². The predicted molar refractivity (Wildman–Crippen MR) is 82.2 cm³/mol. The molecular weight excluding hydrogens is 337 g/mol. The van der Waals surface area contributed by atoms with Crippen molar-refractivity contribution >= 4 is 11.5 Å². The Balaban J connectivity index is 1.72. The summed E-state index contributed by atoms with van der Waals surface area (Å²) in [6.07, 6.45) is -2.51. The second kappa shape index (κ2) is 5.67. The number of aromatic nitrogens is 4. The number of anilines is 1. The van der Waals surface area contributed by atoms with E-state index in [1.165, 1.54) is 10.7 Å². The van der Waals surface area contributed by atoms with Gasteiger partial charge in [-0.15, -0.1) is 0 Å². The van der Waals surface area contributed by atoms with Crippen LogP contribution in [0.4, 0.5) is 18.9 Å². The first-order valence-electron chi connectivity index (χ1n) is 7.48. The summed E-state index contributed by atoms with van der Waals surface area (Å²) in [6.45, 7) is 2.43. The van der Waals surface area contributed by atoms with E-state index in [1.807, 2.05) is 31.2 Å². The summed E-state index contributed by atoms with van der Waals surface area (Å²) in [5.41, 5.74) is 1.01. The molecule has 0 aliphatic carbocycles. The van der Waals surface area contributed by atoms with Crippen LogP contribution in [0.5, 0.6) is 0 Å². The lowest BCUT2D eigenvalue weighted by Gasteiger charge is -2.16. The number of halogens is 3. The molecule has 0 radical (unpaired) electrons. The van der Waals surface area contributed by atoms with Crippen LogP contribution in [0.25, 0.3) is 17.0 Å². The first kappa shape index (κ1) is 15.8. The molecule has 2 aromatic heterocycles. The zero-order valence-electron chi connectivity index (χ0n) is 13.0. The maximum atomic E-state index is 12.7. The summed E-state index contributed by atoms with van der Waals surface area (Å²) in [4.78, 5) is 13.1. The molecule has 10 heteroatoms. The summed E-state index contributed by atoms with van der Waals surface area (Å²) in [5, 5.41) is 8.67. The van der Waals surface area contributed by atoms with Gasteiger partial charge in [-0.1, -0.05) is 12.1 Å².